The van der Waals surface area contributed by atoms with Crippen molar-refractivity contribution in [3.05, 3.63) is 54.4 Å². The number of hydrogen-bond donors (Lipinski definition) is 0. The number of pyridine rings is 3. The van der Waals surface area contributed by atoms with Crippen molar-refractivity contribution in [2.75, 3.05) is 32.8 Å². The number of ketones is 1. The number of morpholine rings is 1. The van der Waals surface area contributed by atoms with Gasteiger partial charge in [0.2, 0.25) is 0 Å². The number of carbonyl (C=O) groups is 1. The molecule has 1 aliphatic rings. The topological polar surface area (TPSA) is 68.2 Å². The van der Waals surface area contributed by atoms with Gasteiger partial charge in [-0.3, -0.25) is 19.7 Å². The van der Waals surface area contributed by atoms with Crippen LogP contribution in [0.1, 0.15) is 5.69 Å². The lowest BCUT2D eigenvalue weighted by Crippen LogP contribution is -2.39. The van der Waals surface area contributed by atoms with Crippen LogP contribution in [-0.4, -0.2) is 58.5 Å². The van der Waals surface area contributed by atoms with Crippen molar-refractivity contribution < 1.29 is 13.9 Å². The summed E-state index contributed by atoms with van der Waals surface area (Å²) >= 11 is 0. The van der Waals surface area contributed by atoms with Gasteiger partial charge in [0.05, 0.1) is 43.6 Å². The molecule has 0 N–H and O–H groups in total. The van der Waals surface area contributed by atoms with E-state index in [1.54, 1.807) is 12.4 Å². The third-order valence-corrected chi connectivity index (χ3v) is 4.51. The molecule has 4 heterocycles. The number of ether oxygens (including phenoxy) is 1. The molecule has 0 saturated carbocycles. The summed E-state index contributed by atoms with van der Waals surface area (Å²) in [6, 6.07) is 6.91. The Hall–Kier alpha value is -2.77. The minimum atomic E-state index is -0.404. The van der Waals surface area contributed by atoms with Gasteiger partial charge in [0.25, 0.3) is 0 Å². The van der Waals surface area contributed by atoms with Crippen molar-refractivity contribution in [1.29, 1.82) is 0 Å². The zero-order valence-electron chi connectivity index (χ0n) is 14.8. The molecule has 138 valence electrons. The first-order valence-electron chi connectivity index (χ1n) is 8.86. The van der Waals surface area contributed by atoms with Gasteiger partial charge < -0.3 is 4.74 Å². The zero-order chi connectivity index (χ0) is 18.6. The molecule has 0 bridgehead atoms. The van der Waals surface area contributed by atoms with Gasteiger partial charge in [-0.25, -0.2) is 9.37 Å². The number of halogens is 1. The third kappa shape index (κ3) is 4.32. The predicted octanol–water partition coefficient (Wildman–Crippen LogP) is 2.27. The van der Waals surface area contributed by atoms with E-state index in [9.17, 15) is 9.18 Å². The fourth-order valence-corrected chi connectivity index (χ4v) is 3.13. The molecule has 1 saturated heterocycles. The highest BCUT2D eigenvalue weighted by molar-refractivity contribution is 5.85. The van der Waals surface area contributed by atoms with Gasteiger partial charge in [-0.2, -0.15) is 0 Å². The van der Waals surface area contributed by atoms with E-state index in [0.29, 0.717) is 36.7 Å². The van der Waals surface area contributed by atoms with Gasteiger partial charge in [0, 0.05) is 42.1 Å². The lowest BCUT2D eigenvalue weighted by atomic mass is 10.1. The summed E-state index contributed by atoms with van der Waals surface area (Å²) < 4.78 is 18.7. The Bertz CT molecular complexity index is 973. The summed E-state index contributed by atoms with van der Waals surface area (Å²) in [5.74, 6) is -0.284. The average Bonchev–Trinajstić information content (AvgIpc) is 2.68. The van der Waals surface area contributed by atoms with Crippen LogP contribution in [0.2, 0.25) is 0 Å². The Labute approximate surface area is 156 Å². The summed E-state index contributed by atoms with van der Waals surface area (Å²) in [7, 11) is 0. The Balaban J connectivity index is 1.53. The largest absolute Gasteiger partial charge is 0.379 e. The number of nitrogens with zero attached hydrogens (tertiary/aromatic N) is 4. The second-order valence-electron chi connectivity index (χ2n) is 6.56. The van der Waals surface area contributed by atoms with Gasteiger partial charge >= 0.3 is 0 Å². The van der Waals surface area contributed by atoms with Crippen LogP contribution in [-0.2, 0) is 16.0 Å². The van der Waals surface area contributed by atoms with E-state index < -0.39 is 5.82 Å². The molecule has 4 rings (SSSR count). The number of hydrogen-bond acceptors (Lipinski definition) is 6. The number of fused-ring (bicyclic) bond motifs is 1. The van der Waals surface area contributed by atoms with Crippen molar-refractivity contribution >= 4 is 16.7 Å². The lowest BCUT2D eigenvalue weighted by Gasteiger charge is -2.25. The lowest BCUT2D eigenvalue weighted by molar-refractivity contribution is -0.120. The van der Waals surface area contributed by atoms with E-state index in [-0.39, 0.29) is 12.2 Å². The van der Waals surface area contributed by atoms with E-state index in [4.69, 9.17) is 4.74 Å². The maximum atomic E-state index is 13.4. The summed E-state index contributed by atoms with van der Waals surface area (Å²) in [6.07, 6.45) is 4.71. The van der Waals surface area contributed by atoms with Crippen molar-refractivity contribution in [3.63, 3.8) is 0 Å². The van der Waals surface area contributed by atoms with Crippen molar-refractivity contribution in [1.82, 2.24) is 19.9 Å². The molecule has 0 aromatic carbocycles. The molecule has 6 nitrogen and oxygen atoms in total. The molecule has 1 fully saturated rings. The van der Waals surface area contributed by atoms with E-state index in [1.165, 1.54) is 6.07 Å². The molecule has 0 aliphatic carbocycles. The highest BCUT2D eigenvalue weighted by Gasteiger charge is 2.15. The summed E-state index contributed by atoms with van der Waals surface area (Å²) in [5.41, 5.74) is 2.65. The predicted molar refractivity (Wildman–Crippen MR) is 98.7 cm³/mol. The van der Waals surface area contributed by atoms with Crippen LogP contribution in [0.5, 0.6) is 0 Å². The van der Waals surface area contributed by atoms with Gasteiger partial charge in [-0.15, -0.1) is 0 Å². The first-order chi connectivity index (χ1) is 13.2. The molecule has 0 amide bonds. The normalized spacial score (nSPS) is 15.1. The smallest absolute Gasteiger partial charge is 0.152 e. The molecular formula is C20H19FN4O2. The zero-order valence-corrected chi connectivity index (χ0v) is 14.8. The van der Waals surface area contributed by atoms with Crippen LogP contribution in [0.3, 0.4) is 0 Å². The van der Waals surface area contributed by atoms with Crippen LogP contribution in [0.15, 0.2) is 42.9 Å². The summed E-state index contributed by atoms with van der Waals surface area (Å²) in [4.78, 5) is 27.3. The second kappa shape index (κ2) is 7.85. The fourth-order valence-electron chi connectivity index (χ4n) is 3.13. The van der Waals surface area contributed by atoms with Crippen LogP contribution < -0.4 is 0 Å². The Morgan fingerprint density at radius 1 is 1.15 bits per heavy atom. The standard InChI is InChI=1S/C20H19FN4O2/c21-16-7-15(10-22-12-16)19-2-1-14-11-23-17(9-20(14)24-19)8-18(26)13-25-3-5-27-6-4-25/h1-2,7,9-12H,3-6,8,13H2. The van der Waals surface area contributed by atoms with Crippen LogP contribution in [0.25, 0.3) is 22.2 Å². The first-order valence-corrected chi connectivity index (χ1v) is 8.86. The Morgan fingerprint density at radius 2 is 2.00 bits per heavy atom. The number of carbonyl (C=O) groups excluding carboxylic acids is 1. The molecular weight excluding hydrogens is 347 g/mol. The van der Waals surface area contributed by atoms with E-state index in [0.717, 1.165) is 30.2 Å². The average molecular weight is 366 g/mol. The summed E-state index contributed by atoms with van der Waals surface area (Å²) in [5, 5.41) is 0.868. The molecule has 1 aliphatic heterocycles. The number of Topliss-reactive ketones (excluding diaryl/α,β-unsaturated/α-hetero) is 1. The molecule has 7 heteroatoms. The minimum Gasteiger partial charge on any atom is -0.379 e. The van der Waals surface area contributed by atoms with Crippen molar-refractivity contribution in [2.24, 2.45) is 0 Å². The quantitative estimate of drug-likeness (QED) is 0.690. The number of rotatable bonds is 5. The molecule has 0 unspecified atom stereocenters. The van der Waals surface area contributed by atoms with E-state index in [1.807, 2.05) is 18.2 Å². The maximum Gasteiger partial charge on any atom is 0.152 e. The molecule has 27 heavy (non-hydrogen) atoms. The summed E-state index contributed by atoms with van der Waals surface area (Å²) in [6.45, 7) is 3.31. The minimum absolute atomic E-state index is 0.120. The molecule has 0 radical (unpaired) electrons. The SMILES string of the molecule is O=C(Cc1cc2nc(-c3cncc(F)c3)ccc2cn1)CN1CCOCC1. The molecule has 0 atom stereocenters. The van der Waals surface area contributed by atoms with Gasteiger partial charge in [-0.1, -0.05) is 0 Å². The monoisotopic (exact) mass is 366 g/mol. The molecule has 0 spiro atoms. The molecule has 3 aromatic heterocycles. The fraction of sp³-hybridized carbons (Fsp3) is 0.300. The van der Waals surface area contributed by atoms with Crippen molar-refractivity contribution in [2.45, 2.75) is 6.42 Å². The molecule has 3 aromatic rings. The first kappa shape index (κ1) is 17.6. The number of aromatic nitrogens is 3. The highest BCUT2D eigenvalue weighted by atomic mass is 19.1. The highest BCUT2D eigenvalue weighted by Crippen LogP contribution is 2.21. The van der Waals surface area contributed by atoms with Gasteiger partial charge in [0.15, 0.2) is 5.78 Å². The van der Waals surface area contributed by atoms with E-state index in [2.05, 4.69) is 19.9 Å². The van der Waals surface area contributed by atoms with Crippen LogP contribution >= 0.6 is 0 Å². The Morgan fingerprint density at radius 3 is 2.81 bits per heavy atom. The van der Waals surface area contributed by atoms with E-state index >= 15 is 0 Å². The van der Waals surface area contributed by atoms with Crippen LogP contribution in [0, 0.1) is 5.82 Å². The van der Waals surface area contributed by atoms with Crippen LogP contribution in [0.4, 0.5) is 4.39 Å². The van der Waals surface area contributed by atoms with Crippen molar-refractivity contribution in [3.8, 4) is 11.3 Å². The third-order valence-electron chi connectivity index (χ3n) is 4.51. The Kier molecular flexibility index (Phi) is 5.13. The maximum absolute atomic E-state index is 13.4. The van der Waals surface area contributed by atoms with Gasteiger partial charge in [-0.05, 0) is 24.3 Å². The second-order valence-corrected chi connectivity index (χ2v) is 6.56. The van der Waals surface area contributed by atoms with Gasteiger partial charge in [0.1, 0.15) is 5.82 Å².